The van der Waals surface area contributed by atoms with Crippen molar-refractivity contribution in [2.45, 2.75) is 0 Å². The van der Waals surface area contributed by atoms with Gasteiger partial charge in [-0.25, -0.2) is 0 Å². The van der Waals surface area contributed by atoms with E-state index in [4.69, 9.17) is 8.83 Å². The zero-order chi connectivity index (χ0) is 25.5. The molecule has 0 unspecified atom stereocenters. The number of hydrogen-bond donors (Lipinski definition) is 0. The van der Waals surface area contributed by atoms with Crippen LogP contribution in [0.25, 0.3) is 82.5 Å². The van der Waals surface area contributed by atoms with Crippen molar-refractivity contribution in [3.8, 4) is 16.8 Å². The standard InChI is InChI=1S/C36H21NO2/c1-4-13-31-25(8-1)26-9-2-5-14-32(26)37(31)23-17-19-34-30(21-23)29-12-7-11-24(36(29)39-34)22-16-18-28-27-10-3-6-15-33(27)38-35(28)20-22/h1-21H. The first-order chi connectivity index (χ1) is 19.3. The Balaban J connectivity index is 1.27. The van der Waals surface area contributed by atoms with Gasteiger partial charge in [0.05, 0.1) is 11.0 Å². The number of benzene rings is 6. The molecule has 182 valence electrons. The van der Waals surface area contributed by atoms with Crippen LogP contribution in [-0.2, 0) is 0 Å². The second-order valence-corrected chi connectivity index (χ2v) is 10.1. The lowest BCUT2D eigenvalue weighted by Crippen LogP contribution is -1.93. The summed E-state index contributed by atoms with van der Waals surface area (Å²) < 4.78 is 15.0. The average molecular weight is 500 g/mol. The minimum Gasteiger partial charge on any atom is -0.456 e. The van der Waals surface area contributed by atoms with Crippen LogP contribution in [0.15, 0.2) is 136 Å². The maximum atomic E-state index is 6.52. The molecule has 39 heavy (non-hydrogen) atoms. The molecule has 3 heterocycles. The van der Waals surface area contributed by atoms with Crippen molar-refractivity contribution in [3.05, 3.63) is 127 Å². The molecule has 0 amide bonds. The van der Waals surface area contributed by atoms with Crippen LogP contribution in [0, 0.1) is 0 Å². The number of para-hydroxylation sites is 4. The summed E-state index contributed by atoms with van der Waals surface area (Å²) in [7, 11) is 0. The fourth-order valence-corrected chi connectivity index (χ4v) is 6.25. The molecule has 0 atom stereocenters. The molecule has 0 N–H and O–H groups in total. The Hall–Kier alpha value is -5.28. The fourth-order valence-electron chi connectivity index (χ4n) is 6.25. The summed E-state index contributed by atoms with van der Waals surface area (Å²) in [4.78, 5) is 0. The third-order valence-corrected chi connectivity index (χ3v) is 8.01. The van der Waals surface area contributed by atoms with E-state index >= 15 is 0 Å². The van der Waals surface area contributed by atoms with Crippen molar-refractivity contribution < 1.29 is 8.83 Å². The zero-order valence-corrected chi connectivity index (χ0v) is 20.9. The fraction of sp³-hybridized carbons (Fsp3) is 0. The maximum absolute atomic E-state index is 6.52. The molecule has 9 aromatic rings. The molecule has 3 heteroatoms. The first kappa shape index (κ1) is 20.7. The highest BCUT2D eigenvalue weighted by Gasteiger charge is 2.17. The van der Waals surface area contributed by atoms with E-state index in [1.54, 1.807) is 0 Å². The minimum absolute atomic E-state index is 0.881. The molecule has 9 rings (SSSR count). The number of rotatable bonds is 2. The summed E-state index contributed by atoms with van der Waals surface area (Å²) in [6.07, 6.45) is 0. The van der Waals surface area contributed by atoms with Gasteiger partial charge < -0.3 is 13.4 Å². The van der Waals surface area contributed by atoms with Crippen molar-refractivity contribution in [2.75, 3.05) is 0 Å². The molecular formula is C36H21NO2. The maximum Gasteiger partial charge on any atom is 0.143 e. The van der Waals surface area contributed by atoms with Crippen LogP contribution in [0.5, 0.6) is 0 Å². The predicted molar refractivity (Wildman–Crippen MR) is 161 cm³/mol. The molecule has 0 spiro atoms. The van der Waals surface area contributed by atoms with Gasteiger partial charge in [0.25, 0.3) is 0 Å². The summed E-state index contributed by atoms with van der Waals surface area (Å²) >= 11 is 0. The van der Waals surface area contributed by atoms with Gasteiger partial charge in [0, 0.05) is 43.6 Å². The molecule has 0 radical (unpaired) electrons. The lowest BCUT2D eigenvalue weighted by molar-refractivity contribution is 0.668. The normalized spacial score (nSPS) is 12.1. The van der Waals surface area contributed by atoms with E-state index in [1.807, 2.05) is 18.2 Å². The first-order valence-electron chi connectivity index (χ1n) is 13.2. The summed E-state index contributed by atoms with van der Waals surface area (Å²) in [6.45, 7) is 0. The van der Waals surface area contributed by atoms with Gasteiger partial charge in [0.15, 0.2) is 0 Å². The lowest BCUT2D eigenvalue weighted by Gasteiger charge is -2.08. The van der Waals surface area contributed by atoms with Crippen LogP contribution >= 0.6 is 0 Å². The van der Waals surface area contributed by atoms with Crippen molar-refractivity contribution >= 4 is 65.7 Å². The smallest absolute Gasteiger partial charge is 0.143 e. The SMILES string of the molecule is c1ccc2c(c1)oc1cc(-c3cccc4c3oc3ccc(-n5c6ccccc6c6ccccc65)cc34)ccc12. The van der Waals surface area contributed by atoms with E-state index in [9.17, 15) is 0 Å². The highest BCUT2D eigenvalue weighted by Crippen LogP contribution is 2.40. The molecule has 6 aromatic carbocycles. The third kappa shape index (κ3) is 2.87. The van der Waals surface area contributed by atoms with E-state index in [0.29, 0.717) is 0 Å². The number of aromatic nitrogens is 1. The molecule has 0 fully saturated rings. The lowest BCUT2D eigenvalue weighted by atomic mass is 10.0. The highest BCUT2D eigenvalue weighted by atomic mass is 16.3. The van der Waals surface area contributed by atoms with Crippen LogP contribution < -0.4 is 0 Å². The molecule has 0 bridgehead atoms. The van der Waals surface area contributed by atoms with Gasteiger partial charge >= 0.3 is 0 Å². The Morgan fingerprint density at radius 3 is 1.90 bits per heavy atom. The number of fused-ring (bicyclic) bond motifs is 9. The van der Waals surface area contributed by atoms with E-state index < -0.39 is 0 Å². The Labute approximate surface area is 223 Å². The van der Waals surface area contributed by atoms with Crippen LogP contribution in [0.4, 0.5) is 0 Å². The van der Waals surface area contributed by atoms with Gasteiger partial charge in [-0.15, -0.1) is 0 Å². The number of hydrogen-bond acceptors (Lipinski definition) is 2. The Morgan fingerprint density at radius 1 is 0.410 bits per heavy atom. The van der Waals surface area contributed by atoms with Gasteiger partial charge in [0.1, 0.15) is 22.3 Å². The van der Waals surface area contributed by atoms with E-state index in [2.05, 4.69) is 114 Å². The number of nitrogens with zero attached hydrogens (tertiary/aromatic N) is 1. The van der Waals surface area contributed by atoms with Crippen LogP contribution in [0.3, 0.4) is 0 Å². The molecule has 3 nitrogen and oxygen atoms in total. The van der Waals surface area contributed by atoms with Gasteiger partial charge in [-0.3, -0.25) is 0 Å². The zero-order valence-electron chi connectivity index (χ0n) is 20.9. The van der Waals surface area contributed by atoms with Gasteiger partial charge in [-0.1, -0.05) is 78.9 Å². The minimum atomic E-state index is 0.881. The second-order valence-electron chi connectivity index (χ2n) is 10.1. The van der Waals surface area contributed by atoms with Gasteiger partial charge in [-0.2, -0.15) is 0 Å². The molecule has 0 saturated heterocycles. The average Bonchev–Trinajstić information content (AvgIpc) is 3.66. The predicted octanol–water partition coefficient (Wildman–Crippen LogP) is 10.2. The second kappa shape index (κ2) is 7.62. The largest absolute Gasteiger partial charge is 0.456 e. The monoisotopic (exact) mass is 499 g/mol. The number of furan rings is 2. The topological polar surface area (TPSA) is 31.2 Å². The first-order valence-corrected chi connectivity index (χ1v) is 13.2. The van der Waals surface area contributed by atoms with Crippen molar-refractivity contribution in [3.63, 3.8) is 0 Å². The molecule has 0 aliphatic carbocycles. The van der Waals surface area contributed by atoms with E-state index in [1.165, 1.54) is 21.8 Å². The van der Waals surface area contributed by atoms with E-state index in [0.717, 1.165) is 60.7 Å². The van der Waals surface area contributed by atoms with Gasteiger partial charge in [-0.05, 0) is 54.1 Å². The Morgan fingerprint density at radius 2 is 1.08 bits per heavy atom. The molecular weight excluding hydrogens is 478 g/mol. The molecule has 0 aliphatic rings. The Bertz CT molecular complexity index is 2350. The van der Waals surface area contributed by atoms with Crippen molar-refractivity contribution in [1.82, 2.24) is 4.57 Å². The molecule has 0 aliphatic heterocycles. The quantitative estimate of drug-likeness (QED) is 0.237. The molecule has 3 aromatic heterocycles. The highest BCUT2D eigenvalue weighted by molar-refractivity contribution is 6.13. The van der Waals surface area contributed by atoms with Crippen LogP contribution in [-0.4, -0.2) is 4.57 Å². The van der Waals surface area contributed by atoms with Crippen LogP contribution in [0.2, 0.25) is 0 Å². The van der Waals surface area contributed by atoms with Crippen molar-refractivity contribution in [1.29, 1.82) is 0 Å². The summed E-state index contributed by atoms with van der Waals surface area (Å²) in [5.74, 6) is 0. The van der Waals surface area contributed by atoms with Gasteiger partial charge in [0.2, 0.25) is 0 Å². The van der Waals surface area contributed by atoms with E-state index in [-0.39, 0.29) is 0 Å². The third-order valence-electron chi connectivity index (χ3n) is 8.01. The molecule has 0 saturated carbocycles. The van der Waals surface area contributed by atoms with Crippen LogP contribution in [0.1, 0.15) is 0 Å². The summed E-state index contributed by atoms with van der Waals surface area (Å²) in [5.41, 5.74) is 9.22. The Kier molecular flexibility index (Phi) is 4.05. The summed E-state index contributed by atoms with van der Waals surface area (Å²) in [5, 5.41) is 6.99. The summed E-state index contributed by atoms with van der Waals surface area (Å²) in [6, 6.07) is 44.7. The van der Waals surface area contributed by atoms with Crippen molar-refractivity contribution in [2.24, 2.45) is 0 Å².